The van der Waals surface area contributed by atoms with Crippen molar-refractivity contribution in [3.8, 4) is 5.88 Å². The highest BCUT2D eigenvalue weighted by Gasteiger charge is 1.99. The second-order valence-electron chi connectivity index (χ2n) is 4.84. The highest BCUT2D eigenvalue weighted by Crippen LogP contribution is 2.04. The molecule has 0 aliphatic carbocycles. The topological polar surface area (TPSA) is 56.3 Å². The zero-order valence-corrected chi connectivity index (χ0v) is 12.2. The summed E-state index contributed by atoms with van der Waals surface area (Å²) in [5.74, 6) is 1.10. The molecule has 0 amide bonds. The molecule has 1 aromatic heterocycles. The van der Waals surface area contributed by atoms with Gasteiger partial charge in [-0.1, -0.05) is 20.8 Å². The van der Waals surface area contributed by atoms with Crippen molar-refractivity contribution in [2.75, 3.05) is 26.4 Å². The van der Waals surface area contributed by atoms with E-state index in [1.54, 1.807) is 12.4 Å². The van der Waals surface area contributed by atoms with Crippen LogP contribution in [-0.2, 0) is 11.3 Å². The summed E-state index contributed by atoms with van der Waals surface area (Å²) in [7, 11) is 0. The van der Waals surface area contributed by atoms with Crippen LogP contribution >= 0.6 is 0 Å². The standard InChI is InChI=1S/C14H25N3O2/c1-4-5-15-8-13-9-17-14(10-16-13)19-7-6-18-11-12(2)3/h9-10,12,15H,4-8,11H2,1-3H3. The molecule has 0 fully saturated rings. The van der Waals surface area contributed by atoms with Crippen LogP contribution in [0, 0.1) is 5.92 Å². The Morgan fingerprint density at radius 1 is 1.21 bits per heavy atom. The van der Waals surface area contributed by atoms with Gasteiger partial charge in [-0.25, -0.2) is 4.98 Å². The number of nitrogens with zero attached hydrogens (tertiary/aromatic N) is 2. The van der Waals surface area contributed by atoms with E-state index in [9.17, 15) is 0 Å². The maximum absolute atomic E-state index is 5.45. The van der Waals surface area contributed by atoms with Crippen LogP contribution in [0.4, 0.5) is 0 Å². The van der Waals surface area contributed by atoms with Crippen LogP contribution in [0.5, 0.6) is 5.88 Å². The van der Waals surface area contributed by atoms with E-state index in [2.05, 4.69) is 36.1 Å². The molecular formula is C14H25N3O2. The fourth-order valence-electron chi connectivity index (χ4n) is 1.43. The van der Waals surface area contributed by atoms with Crippen LogP contribution in [0.2, 0.25) is 0 Å². The highest BCUT2D eigenvalue weighted by molar-refractivity contribution is 5.07. The minimum atomic E-state index is 0.509. The van der Waals surface area contributed by atoms with Gasteiger partial charge in [0, 0.05) is 13.2 Å². The molecule has 0 saturated carbocycles. The van der Waals surface area contributed by atoms with E-state index >= 15 is 0 Å². The van der Waals surface area contributed by atoms with Gasteiger partial charge in [-0.2, -0.15) is 0 Å². The van der Waals surface area contributed by atoms with Crippen LogP contribution in [0.25, 0.3) is 0 Å². The van der Waals surface area contributed by atoms with Crippen molar-refractivity contribution in [1.82, 2.24) is 15.3 Å². The first kappa shape index (κ1) is 15.9. The van der Waals surface area contributed by atoms with Gasteiger partial charge in [0.15, 0.2) is 0 Å². The number of ether oxygens (including phenoxy) is 2. The maximum Gasteiger partial charge on any atom is 0.232 e. The number of hydrogen-bond acceptors (Lipinski definition) is 5. The first-order chi connectivity index (χ1) is 9.22. The lowest BCUT2D eigenvalue weighted by Gasteiger charge is -2.08. The highest BCUT2D eigenvalue weighted by atomic mass is 16.5. The van der Waals surface area contributed by atoms with E-state index in [1.165, 1.54) is 0 Å². The molecule has 0 bridgehead atoms. The average Bonchev–Trinajstić information content (AvgIpc) is 2.40. The zero-order chi connectivity index (χ0) is 13.9. The summed E-state index contributed by atoms with van der Waals surface area (Å²) in [4.78, 5) is 8.50. The Morgan fingerprint density at radius 2 is 2.05 bits per heavy atom. The Morgan fingerprint density at radius 3 is 2.68 bits per heavy atom. The quantitative estimate of drug-likeness (QED) is 0.657. The molecule has 19 heavy (non-hydrogen) atoms. The third-order valence-electron chi connectivity index (χ3n) is 2.34. The molecule has 5 heteroatoms. The number of rotatable bonds is 10. The van der Waals surface area contributed by atoms with Crippen molar-refractivity contribution in [3.05, 3.63) is 18.1 Å². The Bertz CT molecular complexity index is 328. The molecule has 1 aromatic rings. The molecule has 5 nitrogen and oxygen atoms in total. The van der Waals surface area contributed by atoms with Gasteiger partial charge >= 0.3 is 0 Å². The molecule has 0 aromatic carbocycles. The van der Waals surface area contributed by atoms with Crippen LogP contribution in [0.1, 0.15) is 32.9 Å². The molecule has 0 aliphatic rings. The monoisotopic (exact) mass is 267 g/mol. The van der Waals surface area contributed by atoms with Crippen molar-refractivity contribution in [1.29, 1.82) is 0 Å². The molecule has 0 radical (unpaired) electrons. The Balaban J connectivity index is 2.17. The first-order valence-corrected chi connectivity index (χ1v) is 6.94. The third-order valence-corrected chi connectivity index (χ3v) is 2.34. The van der Waals surface area contributed by atoms with Crippen LogP contribution in [0.3, 0.4) is 0 Å². The lowest BCUT2D eigenvalue weighted by atomic mass is 10.2. The van der Waals surface area contributed by atoms with E-state index in [0.717, 1.165) is 31.8 Å². The second-order valence-corrected chi connectivity index (χ2v) is 4.84. The van der Waals surface area contributed by atoms with Crippen molar-refractivity contribution in [3.63, 3.8) is 0 Å². The first-order valence-electron chi connectivity index (χ1n) is 6.94. The van der Waals surface area contributed by atoms with Gasteiger partial charge in [-0.3, -0.25) is 4.98 Å². The van der Waals surface area contributed by atoms with Gasteiger partial charge in [0.05, 0.1) is 24.7 Å². The Hall–Kier alpha value is -1.20. The molecule has 0 aliphatic heterocycles. The molecule has 108 valence electrons. The molecule has 1 N–H and O–H groups in total. The molecule has 1 rings (SSSR count). The summed E-state index contributed by atoms with van der Waals surface area (Å²) in [5, 5.41) is 3.28. The van der Waals surface area contributed by atoms with E-state index in [0.29, 0.717) is 25.0 Å². The largest absolute Gasteiger partial charge is 0.474 e. The molecule has 0 atom stereocenters. The summed E-state index contributed by atoms with van der Waals surface area (Å²) in [6.07, 6.45) is 4.52. The zero-order valence-electron chi connectivity index (χ0n) is 12.2. The molecule has 0 saturated heterocycles. The minimum absolute atomic E-state index is 0.509. The van der Waals surface area contributed by atoms with Crippen molar-refractivity contribution >= 4 is 0 Å². The predicted molar refractivity (Wildman–Crippen MR) is 75.2 cm³/mol. The molecule has 0 unspecified atom stereocenters. The maximum atomic E-state index is 5.45. The van der Waals surface area contributed by atoms with Gasteiger partial charge < -0.3 is 14.8 Å². The predicted octanol–water partition coefficient (Wildman–Crippen LogP) is 2.03. The van der Waals surface area contributed by atoms with Gasteiger partial charge in [-0.05, 0) is 18.9 Å². The van der Waals surface area contributed by atoms with Crippen LogP contribution in [0.15, 0.2) is 12.4 Å². The minimum Gasteiger partial charge on any atom is -0.474 e. The normalized spacial score (nSPS) is 10.9. The summed E-state index contributed by atoms with van der Waals surface area (Å²) in [6.45, 7) is 9.98. The van der Waals surface area contributed by atoms with Gasteiger partial charge in [0.25, 0.3) is 0 Å². The fraction of sp³-hybridized carbons (Fsp3) is 0.714. The lowest BCUT2D eigenvalue weighted by Crippen LogP contribution is -2.15. The Kier molecular flexibility index (Phi) is 8.09. The number of nitrogens with one attached hydrogen (secondary N) is 1. The van der Waals surface area contributed by atoms with Crippen molar-refractivity contribution in [2.24, 2.45) is 5.92 Å². The van der Waals surface area contributed by atoms with E-state index in [4.69, 9.17) is 9.47 Å². The average molecular weight is 267 g/mol. The fourth-order valence-corrected chi connectivity index (χ4v) is 1.43. The number of aromatic nitrogens is 2. The van der Waals surface area contributed by atoms with Crippen LogP contribution in [-0.4, -0.2) is 36.3 Å². The summed E-state index contributed by atoms with van der Waals surface area (Å²) < 4.78 is 10.9. The SMILES string of the molecule is CCCNCc1cnc(OCCOCC(C)C)cn1. The molecule has 1 heterocycles. The smallest absolute Gasteiger partial charge is 0.232 e. The summed E-state index contributed by atoms with van der Waals surface area (Å²) >= 11 is 0. The van der Waals surface area contributed by atoms with Crippen molar-refractivity contribution in [2.45, 2.75) is 33.7 Å². The van der Waals surface area contributed by atoms with E-state index in [-0.39, 0.29) is 0 Å². The van der Waals surface area contributed by atoms with Crippen LogP contribution < -0.4 is 10.1 Å². The van der Waals surface area contributed by atoms with Gasteiger partial charge in [0.2, 0.25) is 5.88 Å². The Labute approximate surface area is 115 Å². The van der Waals surface area contributed by atoms with E-state index in [1.807, 2.05) is 0 Å². The summed E-state index contributed by atoms with van der Waals surface area (Å²) in [5.41, 5.74) is 0.928. The van der Waals surface area contributed by atoms with Gasteiger partial charge in [0.1, 0.15) is 6.61 Å². The molecular weight excluding hydrogens is 242 g/mol. The van der Waals surface area contributed by atoms with E-state index < -0.39 is 0 Å². The van der Waals surface area contributed by atoms with Crippen molar-refractivity contribution < 1.29 is 9.47 Å². The van der Waals surface area contributed by atoms with Gasteiger partial charge in [-0.15, -0.1) is 0 Å². The molecule has 0 spiro atoms. The second kappa shape index (κ2) is 9.69. The number of hydrogen-bond donors (Lipinski definition) is 1. The third kappa shape index (κ3) is 7.74. The summed E-state index contributed by atoms with van der Waals surface area (Å²) in [6, 6.07) is 0. The lowest BCUT2D eigenvalue weighted by molar-refractivity contribution is 0.0805.